The van der Waals surface area contributed by atoms with Crippen LogP contribution in [0.25, 0.3) is 0 Å². The summed E-state index contributed by atoms with van der Waals surface area (Å²) in [5, 5.41) is 3.70. The molecule has 0 spiro atoms. The molecule has 1 aromatic heterocycles. The Hall–Kier alpha value is -0.830. The van der Waals surface area contributed by atoms with Gasteiger partial charge in [0, 0.05) is 18.9 Å². The average molecular weight is 291 g/mol. The maximum absolute atomic E-state index is 4.65. The van der Waals surface area contributed by atoms with Crippen LogP contribution in [0.2, 0.25) is 0 Å². The fourth-order valence-corrected chi connectivity index (χ4v) is 3.87. The second-order valence-electron chi connectivity index (χ2n) is 7.58. The summed E-state index contributed by atoms with van der Waals surface area (Å²) in [6.07, 6.45) is 9.45. The van der Waals surface area contributed by atoms with Gasteiger partial charge in [-0.05, 0) is 56.4 Å². The zero-order valence-corrected chi connectivity index (χ0v) is 14.5. The van der Waals surface area contributed by atoms with Crippen LogP contribution in [0.5, 0.6) is 0 Å². The quantitative estimate of drug-likeness (QED) is 0.871. The van der Waals surface area contributed by atoms with E-state index in [1.165, 1.54) is 31.5 Å². The number of imidazole rings is 1. The Bertz CT molecular complexity index is 422. The zero-order chi connectivity index (χ0) is 15.5. The van der Waals surface area contributed by atoms with Crippen molar-refractivity contribution in [2.45, 2.75) is 72.9 Å². The molecule has 3 heteroatoms. The van der Waals surface area contributed by atoms with Crippen LogP contribution in [0.4, 0.5) is 0 Å². The zero-order valence-electron chi connectivity index (χ0n) is 14.5. The Morgan fingerprint density at radius 2 is 1.90 bits per heavy atom. The molecule has 1 heterocycles. The van der Waals surface area contributed by atoms with Crippen LogP contribution in [-0.4, -0.2) is 16.1 Å². The fourth-order valence-electron chi connectivity index (χ4n) is 3.87. The van der Waals surface area contributed by atoms with Crippen LogP contribution >= 0.6 is 0 Å². The molecule has 1 aliphatic rings. The molecule has 1 saturated carbocycles. The molecule has 120 valence electrons. The molecular weight excluding hydrogens is 258 g/mol. The van der Waals surface area contributed by atoms with Crippen molar-refractivity contribution < 1.29 is 0 Å². The van der Waals surface area contributed by atoms with E-state index in [0.29, 0.717) is 11.5 Å². The third-order valence-corrected chi connectivity index (χ3v) is 5.26. The standard InChI is InChI=1S/C18H33N3/c1-6-19-16(17-20-12-13-21(17)7-2)14-8-10-15(11-9-14)18(3,4)5/h12-16,19H,6-11H2,1-5H3. The number of nitrogens with zero attached hydrogens (tertiary/aromatic N) is 2. The smallest absolute Gasteiger partial charge is 0.126 e. The van der Waals surface area contributed by atoms with Gasteiger partial charge in [-0.1, -0.05) is 27.7 Å². The number of aryl methyl sites for hydroxylation is 1. The van der Waals surface area contributed by atoms with Crippen LogP contribution in [0.3, 0.4) is 0 Å². The number of hydrogen-bond acceptors (Lipinski definition) is 2. The number of hydrogen-bond donors (Lipinski definition) is 1. The van der Waals surface area contributed by atoms with Crippen molar-refractivity contribution >= 4 is 0 Å². The molecule has 0 saturated heterocycles. The first kappa shape index (κ1) is 16.5. The minimum absolute atomic E-state index is 0.422. The lowest BCUT2D eigenvalue weighted by atomic mass is 9.68. The molecule has 0 amide bonds. The number of aromatic nitrogens is 2. The van der Waals surface area contributed by atoms with E-state index in [2.05, 4.69) is 55.7 Å². The average Bonchev–Trinajstić information content (AvgIpc) is 2.92. The Labute approximate surface area is 130 Å². The SMILES string of the molecule is CCNC(c1nccn1CC)C1CCC(C(C)(C)C)CC1. The second kappa shape index (κ2) is 6.95. The van der Waals surface area contributed by atoms with Gasteiger partial charge in [-0.3, -0.25) is 0 Å². The predicted octanol–water partition coefficient (Wildman–Crippen LogP) is 4.41. The Balaban J connectivity index is 2.07. The van der Waals surface area contributed by atoms with Gasteiger partial charge >= 0.3 is 0 Å². The summed E-state index contributed by atoms with van der Waals surface area (Å²) < 4.78 is 2.29. The monoisotopic (exact) mass is 291 g/mol. The maximum atomic E-state index is 4.65. The highest BCUT2D eigenvalue weighted by molar-refractivity contribution is 5.03. The van der Waals surface area contributed by atoms with Crippen LogP contribution in [-0.2, 0) is 6.54 Å². The molecule has 1 fully saturated rings. The van der Waals surface area contributed by atoms with Crippen molar-refractivity contribution in [1.29, 1.82) is 0 Å². The van der Waals surface area contributed by atoms with Crippen molar-refractivity contribution in [2.24, 2.45) is 17.3 Å². The van der Waals surface area contributed by atoms with Gasteiger partial charge in [-0.15, -0.1) is 0 Å². The molecule has 2 rings (SSSR count). The highest BCUT2D eigenvalue weighted by Gasteiger charge is 2.34. The van der Waals surface area contributed by atoms with Gasteiger partial charge in [0.2, 0.25) is 0 Å². The van der Waals surface area contributed by atoms with Gasteiger partial charge in [0.15, 0.2) is 0 Å². The molecule has 0 aliphatic heterocycles. The minimum Gasteiger partial charge on any atom is -0.334 e. The van der Waals surface area contributed by atoms with Crippen molar-refractivity contribution in [3.05, 3.63) is 18.2 Å². The van der Waals surface area contributed by atoms with E-state index in [-0.39, 0.29) is 0 Å². The summed E-state index contributed by atoms with van der Waals surface area (Å²) in [6.45, 7) is 13.6. The van der Waals surface area contributed by atoms with E-state index in [1.54, 1.807) is 0 Å². The summed E-state index contributed by atoms with van der Waals surface area (Å²) in [6, 6.07) is 0.422. The van der Waals surface area contributed by atoms with Crippen LogP contribution < -0.4 is 5.32 Å². The number of nitrogens with one attached hydrogen (secondary N) is 1. The normalized spacial score (nSPS) is 25.0. The summed E-state index contributed by atoms with van der Waals surface area (Å²) in [7, 11) is 0. The first-order valence-electron chi connectivity index (χ1n) is 8.71. The molecule has 1 atom stereocenters. The molecule has 3 nitrogen and oxygen atoms in total. The summed E-state index contributed by atoms with van der Waals surface area (Å²) in [4.78, 5) is 4.65. The Morgan fingerprint density at radius 1 is 1.24 bits per heavy atom. The molecule has 1 N–H and O–H groups in total. The Kier molecular flexibility index (Phi) is 5.48. The maximum Gasteiger partial charge on any atom is 0.126 e. The van der Waals surface area contributed by atoms with E-state index >= 15 is 0 Å². The largest absolute Gasteiger partial charge is 0.334 e. The summed E-state index contributed by atoms with van der Waals surface area (Å²) >= 11 is 0. The molecule has 1 aromatic rings. The molecule has 21 heavy (non-hydrogen) atoms. The van der Waals surface area contributed by atoms with E-state index in [0.717, 1.165) is 24.9 Å². The van der Waals surface area contributed by atoms with Crippen molar-refractivity contribution in [3.8, 4) is 0 Å². The van der Waals surface area contributed by atoms with Gasteiger partial charge in [-0.2, -0.15) is 0 Å². The van der Waals surface area contributed by atoms with Crippen molar-refractivity contribution in [2.75, 3.05) is 6.54 Å². The lowest BCUT2D eigenvalue weighted by Gasteiger charge is -2.39. The predicted molar refractivity (Wildman–Crippen MR) is 89.2 cm³/mol. The number of rotatable bonds is 5. The van der Waals surface area contributed by atoms with Gasteiger partial charge in [0.05, 0.1) is 6.04 Å². The van der Waals surface area contributed by atoms with Crippen LogP contribution in [0, 0.1) is 17.3 Å². The first-order chi connectivity index (χ1) is 9.97. The van der Waals surface area contributed by atoms with Gasteiger partial charge in [-0.25, -0.2) is 4.98 Å². The van der Waals surface area contributed by atoms with Crippen molar-refractivity contribution in [3.63, 3.8) is 0 Å². The summed E-state index contributed by atoms with van der Waals surface area (Å²) in [5.74, 6) is 2.84. The minimum atomic E-state index is 0.422. The first-order valence-corrected chi connectivity index (χ1v) is 8.71. The fraction of sp³-hybridized carbons (Fsp3) is 0.833. The van der Waals surface area contributed by atoms with E-state index in [4.69, 9.17) is 0 Å². The molecule has 0 radical (unpaired) electrons. The third-order valence-electron chi connectivity index (χ3n) is 5.26. The van der Waals surface area contributed by atoms with E-state index in [1.807, 2.05) is 6.20 Å². The molecule has 0 bridgehead atoms. The van der Waals surface area contributed by atoms with Crippen LogP contribution in [0.15, 0.2) is 12.4 Å². The molecular formula is C18H33N3. The second-order valence-corrected chi connectivity index (χ2v) is 7.58. The third kappa shape index (κ3) is 3.88. The molecule has 1 aliphatic carbocycles. The van der Waals surface area contributed by atoms with Gasteiger partial charge in [0.1, 0.15) is 5.82 Å². The lowest BCUT2D eigenvalue weighted by Crippen LogP contribution is -2.35. The molecule has 1 unspecified atom stereocenters. The Morgan fingerprint density at radius 3 is 2.43 bits per heavy atom. The topological polar surface area (TPSA) is 29.9 Å². The van der Waals surface area contributed by atoms with E-state index in [9.17, 15) is 0 Å². The van der Waals surface area contributed by atoms with E-state index < -0.39 is 0 Å². The highest BCUT2D eigenvalue weighted by atomic mass is 15.1. The summed E-state index contributed by atoms with van der Waals surface area (Å²) in [5.41, 5.74) is 0.459. The highest BCUT2D eigenvalue weighted by Crippen LogP contribution is 2.43. The van der Waals surface area contributed by atoms with Gasteiger partial charge in [0.25, 0.3) is 0 Å². The van der Waals surface area contributed by atoms with Crippen LogP contribution in [0.1, 0.15) is 72.2 Å². The van der Waals surface area contributed by atoms with Crippen molar-refractivity contribution in [1.82, 2.24) is 14.9 Å². The lowest BCUT2D eigenvalue weighted by molar-refractivity contribution is 0.130. The van der Waals surface area contributed by atoms with Gasteiger partial charge < -0.3 is 9.88 Å². The molecule has 0 aromatic carbocycles.